The van der Waals surface area contributed by atoms with Gasteiger partial charge in [-0.3, -0.25) is 4.79 Å². The van der Waals surface area contributed by atoms with Crippen LogP contribution in [0.2, 0.25) is 0 Å². The van der Waals surface area contributed by atoms with Gasteiger partial charge in [-0.2, -0.15) is 0 Å². The molecule has 20 heavy (non-hydrogen) atoms. The number of hydrogen-bond acceptors (Lipinski definition) is 3. The zero-order valence-corrected chi connectivity index (χ0v) is 12.5. The molecule has 1 unspecified atom stereocenters. The summed E-state index contributed by atoms with van der Waals surface area (Å²) in [6.07, 6.45) is 4.99. The van der Waals surface area contributed by atoms with E-state index in [1.807, 2.05) is 0 Å². The molecule has 1 aromatic rings. The molecule has 0 radical (unpaired) electrons. The second kappa shape index (κ2) is 6.40. The second-order valence-electron chi connectivity index (χ2n) is 5.97. The van der Waals surface area contributed by atoms with Crippen molar-refractivity contribution in [3.8, 4) is 0 Å². The van der Waals surface area contributed by atoms with Crippen LogP contribution in [0.3, 0.4) is 0 Å². The number of methoxy groups -OCH3 is 1. The lowest BCUT2D eigenvalue weighted by Gasteiger charge is -2.30. The summed E-state index contributed by atoms with van der Waals surface area (Å²) in [6.45, 7) is 2.49. The monoisotopic (exact) mass is 275 g/mol. The molecule has 1 saturated carbocycles. The zero-order valence-electron chi connectivity index (χ0n) is 12.5. The molecule has 1 aromatic carbocycles. The number of carbonyl (C=O) groups excluding carboxylic acids is 1. The minimum absolute atomic E-state index is 0.161. The third kappa shape index (κ3) is 3.40. The average Bonchev–Trinajstić information content (AvgIpc) is 3.30. The van der Waals surface area contributed by atoms with E-state index in [0.29, 0.717) is 18.9 Å². The fourth-order valence-corrected chi connectivity index (χ4v) is 2.84. The van der Waals surface area contributed by atoms with Gasteiger partial charge in [0.15, 0.2) is 0 Å². The number of esters is 1. The largest absolute Gasteiger partial charge is 0.469 e. The highest BCUT2D eigenvalue weighted by Gasteiger charge is 2.43. The van der Waals surface area contributed by atoms with Gasteiger partial charge in [0.1, 0.15) is 0 Å². The number of carbonyl (C=O) groups is 1. The maximum absolute atomic E-state index is 12.3. The van der Waals surface area contributed by atoms with Crippen LogP contribution >= 0.6 is 0 Å². The van der Waals surface area contributed by atoms with Crippen molar-refractivity contribution in [3.63, 3.8) is 0 Å². The van der Waals surface area contributed by atoms with Crippen molar-refractivity contribution < 1.29 is 9.53 Å². The van der Waals surface area contributed by atoms with Crippen molar-refractivity contribution in [1.29, 1.82) is 0 Å². The van der Waals surface area contributed by atoms with Crippen molar-refractivity contribution in [2.75, 3.05) is 13.7 Å². The number of ether oxygens (including phenoxy) is 1. The molecule has 1 aliphatic rings. The summed E-state index contributed by atoms with van der Waals surface area (Å²) in [4.78, 5) is 12.3. The molecule has 1 fully saturated rings. The van der Waals surface area contributed by atoms with Gasteiger partial charge in [0.2, 0.25) is 0 Å². The van der Waals surface area contributed by atoms with Gasteiger partial charge < -0.3 is 10.5 Å². The number of benzene rings is 1. The molecule has 110 valence electrons. The quantitative estimate of drug-likeness (QED) is 0.778. The molecule has 2 rings (SSSR count). The lowest BCUT2D eigenvalue weighted by atomic mass is 9.77. The Kier molecular flexibility index (Phi) is 4.81. The van der Waals surface area contributed by atoms with Crippen LogP contribution in [0.1, 0.15) is 37.3 Å². The zero-order chi connectivity index (χ0) is 14.6. The third-order valence-electron chi connectivity index (χ3n) is 4.36. The molecule has 3 nitrogen and oxygen atoms in total. The lowest BCUT2D eigenvalue weighted by Crippen LogP contribution is -2.42. The Labute approximate surface area is 121 Å². The van der Waals surface area contributed by atoms with Crippen LogP contribution in [0.15, 0.2) is 24.3 Å². The van der Waals surface area contributed by atoms with Crippen molar-refractivity contribution >= 4 is 5.97 Å². The lowest BCUT2D eigenvalue weighted by molar-refractivity contribution is -0.153. The summed E-state index contributed by atoms with van der Waals surface area (Å²) in [5, 5.41) is 0. The molecule has 0 bridgehead atoms. The Morgan fingerprint density at radius 1 is 1.30 bits per heavy atom. The summed E-state index contributed by atoms with van der Waals surface area (Å²) in [7, 11) is 1.46. The van der Waals surface area contributed by atoms with E-state index >= 15 is 0 Å². The topological polar surface area (TPSA) is 52.3 Å². The summed E-state index contributed by atoms with van der Waals surface area (Å²) in [5.74, 6) is 0.485. The van der Waals surface area contributed by atoms with Gasteiger partial charge >= 0.3 is 5.97 Å². The maximum Gasteiger partial charge on any atom is 0.313 e. The number of nitrogens with two attached hydrogens (primary N) is 1. The molecule has 1 atom stereocenters. The maximum atomic E-state index is 12.3. The van der Waals surface area contributed by atoms with Crippen LogP contribution in [0, 0.1) is 11.3 Å². The Morgan fingerprint density at radius 3 is 2.35 bits per heavy atom. The van der Waals surface area contributed by atoms with Gasteiger partial charge in [-0.05, 0) is 36.3 Å². The van der Waals surface area contributed by atoms with E-state index < -0.39 is 5.41 Å². The summed E-state index contributed by atoms with van der Waals surface area (Å²) in [6, 6.07) is 8.48. The normalized spacial score (nSPS) is 17.6. The first-order chi connectivity index (χ1) is 9.63. The van der Waals surface area contributed by atoms with Crippen molar-refractivity contribution in [2.45, 2.75) is 39.0 Å². The molecule has 2 N–H and O–H groups in total. The Morgan fingerprint density at radius 2 is 1.90 bits per heavy atom. The smallest absolute Gasteiger partial charge is 0.313 e. The fourth-order valence-electron chi connectivity index (χ4n) is 2.84. The molecule has 3 heteroatoms. The predicted octanol–water partition coefficient (Wildman–Crippen LogP) is 2.71. The Bertz CT molecular complexity index is 451. The highest BCUT2D eigenvalue weighted by atomic mass is 16.5. The first-order valence-corrected chi connectivity index (χ1v) is 7.50. The molecule has 1 aliphatic carbocycles. The second-order valence-corrected chi connectivity index (χ2v) is 5.97. The minimum Gasteiger partial charge on any atom is -0.469 e. The van der Waals surface area contributed by atoms with E-state index in [2.05, 4.69) is 31.2 Å². The van der Waals surface area contributed by atoms with E-state index in [1.165, 1.54) is 31.1 Å². The van der Waals surface area contributed by atoms with Gasteiger partial charge in [-0.25, -0.2) is 0 Å². The van der Waals surface area contributed by atoms with E-state index in [9.17, 15) is 4.79 Å². The number of hydrogen-bond donors (Lipinski definition) is 1. The van der Waals surface area contributed by atoms with E-state index in [0.717, 1.165) is 12.8 Å². The van der Waals surface area contributed by atoms with Gasteiger partial charge in [-0.1, -0.05) is 44.0 Å². The summed E-state index contributed by atoms with van der Waals surface area (Å²) >= 11 is 0. The van der Waals surface area contributed by atoms with Crippen LogP contribution < -0.4 is 5.73 Å². The molecular weight excluding hydrogens is 250 g/mol. The van der Waals surface area contributed by atoms with E-state index in [4.69, 9.17) is 10.5 Å². The predicted molar refractivity (Wildman–Crippen MR) is 80.4 cm³/mol. The molecule has 0 saturated heterocycles. The van der Waals surface area contributed by atoms with Crippen molar-refractivity contribution in [2.24, 2.45) is 17.1 Å². The number of rotatable bonds is 7. The van der Waals surface area contributed by atoms with Gasteiger partial charge in [0, 0.05) is 6.54 Å². The first-order valence-electron chi connectivity index (χ1n) is 7.50. The van der Waals surface area contributed by atoms with Crippen LogP contribution in [0.25, 0.3) is 0 Å². The average molecular weight is 275 g/mol. The van der Waals surface area contributed by atoms with Gasteiger partial charge in [0.25, 0.3) is 0 Å². The SMILES string of the molecule is CCc1ccc(CC(CN)(CC2CC2)C(=O)OC)cc1. The van der Waals surface area contributed by atoms with Gasteiger partial charge in [-0.15, -0.1) is 0 Å². The molecule has 0 heterocycles. The highest BCUT2D eigenvalue weighted by Crippen LogP contribution is 2.42. The van der Waals surface area contributed by atoms with Crippen molar-refractivity contribution in [1.82, 2.24) is 0 Å². The summed E-state index contributed by atoms with van der Waals surface area (Å²) in [5.41, 5.74) is 7.89. The van der Waals surface area contributed by atoms with E-state index in [1.54, 1.807) is 0 Å². The molecule has 0 aromatic heterocycles. The fraction of sp³-hybridized carbons (Fsp3) is 0.588. The minimum atomic E-state index is -0.552. The first kappa shape index (κ1) is 15.0. The van der Waals surface area contributed by atoms with Crippen LogP contribution in [0.5, 0.6) is 0 Å². The third-order valence-corrected chi connectivity index (χ3v) is 4.36. The van der Waals surface area contributed by atoms with Crippen LogP contribution in [-0.2, 0) is 22.4 Å². The molecule has 0 aliphatic heterocycles. The summed E-state index contributed by atoms with van der Waals surface area (Å²) < 4.78 is 5.03. The van der Waals surface area contributed by atoms with Crippen LogP contribution in [0.4, 0.5) is 0 Å². The standard InChI is InChI=1S/C17H25NO2/c1-3-13-4-6-14(7-5-13)10-17(12-18,16(19)20-2)11-15-8-9-15/h4-7,15H,3,8-12,18H2,1-2H3. The van der Waals surface area contributed by atoms with Crippen LogP contribution in [-0.4, -0.2) is 19.6 Å². The highest BCUT2D eigenvalue weighted by molar-refractivity contribution is 5.77. The van der Waals surface area contributed by atoms with Gasteiger partial charge in [0.05, 0.1) is 12.5 Å². The number of aryl methyl sites for hydroxylation is 1. The molecule has 0 spiro atoms. The Balaban J connectivity index is 2.18. The molecular formula is C17H25NO2. The molecule has 0 amide bonds. The van der Waals surface area contributed by atoms with E-state index in [-0.39, 0.29) is 5.97 Å². The van der Waals surface area contributed by atoms with Crippen molar-refractivity contribution in [3.05, 3.63) is 35.4 Å². The Hall–Kier alpha value is -1.35.